The minimum atomic E-state index is 0.113. The van der Waals surface area contributed by atoms with Gasteiger partial charge in [-0.1, -0.05) is 13.8 Å². The van der Waals surface area contributed by atoms with Crippen LogP contribution in [0.2, 0.25) is 0 Å². The third kappa shape index (κ3) is 3.33. The van der Waals surface area contributed by atoms with Gasteiger partial charge in [-0.15, -0.1) is 0 Å². The minimum absolute atomic E-state index is 0.113. The van der Waals surface area contributed by atoms with Crippen LogP contribution in [0.1, 0.15) is 25.8 Å². The molecule has 108 valence electrons. The fraction of sp³-hybridized carbons (Fsp3) is 0.786. The number of nitrogens with zero attached hydrogens (tertiary/aromatic N) is 3. The van der Waals surface area contributed by atoms with Crippen molar-refractivity contribution in [3.05, 3.63) is 18.0 Å². The molecule has 0 amide bonds. The molecule has 5 heteroatoms. The van der Waals surface area contributed by atoms with E-state index in [1.807, 2.05) is 29.7 Å². The number of nitrogens with two attached hydrogens (primary N) is 1. The molecule has 0 radical (unpaired) electrons. The Morgan fingerprint density at radius 1 is 1.47 bits per heavy atom. The predicted octanol–water partition coefficient (Wildman–Crippen LogP) is 1.71. The summed E-state index contributed by atoms with van der Waals surface area (Å²) in [5.41, 5.74) is 7.88. The largest absolute Gasteiger partial charge is 0.329 e. The molecular weight excluding hydrogens is 256 g/mol. The maximum atomic E-state index is 6.14. The molecule has 0 bridgehead atoms. The van der Waals surface area contributed by atoms with Crippen molar-refractivity contribution in [1.29, 1.82) is 0 Å². The summed E-state index contributed by atoms with van der Waals surface area (Å²) >= 11 is 2.03. The number of rotatable bonds is 4. The van der Waals surface area contributed by atoms with Gasteiger partial charge in [0.15, 0.2) is 0 Å². The first kappa shape index (κ1) is 14.9. The molecule has 1 unspecified atom stereocenters. The van der Waals surface area contributed by atoms with Gasteiger partial charge in [0.2, 0.25) is 0 Å². The van der Waals surface area contributed by atoms with E-state index in [-0.39, 0.29) is 5.54 Å². The van der Waals surface area contributed by atoms with Crippen LogP contribution in [0.3, 0.4) is 0 Å². The molecule has 19 heavy (non-hydrogen) atoms. The first-order valence-corrected chi connectivity index (χ1v) is 7.99. The Morgan fingerprint density at radius 3 is 2.74 bits per heavy atom. The first-order valence-electron chi connectivity index (χ1n) is 6.83. The summed E-state index contributed by atoms with van der Waals surface area (Å²) in [6, 6.07) is 0. The maximum Gasteiger partial charge on any atom is 0.0534 e. The number of aryl methyl sites for hydroxylation is 1. The van der Waals surface area contributed by atoms with Crippen molar-refractivity contribution in [3.8, 4) is 0 Å². The highest BCUT2D eigenvalue weighted by atomic mass is 32.2. The number of aromatic nitrogens is 2. The van der Waals surface area contributed by atoms with Gasteiger partial charge in [0.05, 0.1) is 6.20 Å². The number of hydrogen-bond donors (Lipinski definition) is 1. The van der Waals surface area contributed by atoms with Crippen molar-refractivity contribution in [2.45, 2.75) is 32.4 Å². The quantitative estimate of drug-likeness (QED) is 0.913. The molecule has 2 N–H and O–H groups in total. The van der Waals surface area contributed by atoms with Crippen LogP contribution in [0.4, 0.5) is 0 Å². The zero-order valence-corrected chi connectivity index (χ0v) is 13.3. The SMILES string of the molecule is CN(Cc1cnn(C)c1)C1(CN)CSCC(C)(C)C1. The summed E-state index contributed by atoms with van der Waals surface area (Å²) in [6.07, 6.45) is 5.20. The second-order valence-corrected chi connectivity index (χ2v) is 7.63. The van der Waals surface area contributed by atoms with Gasteiger partial charge in [-0.25, -0.2) is 0 Å². The smallest absolute Gasteiger partial charge is 0.0534 e. The number of likely N-dealkylation sites (N-methyl/N-ethyl adjacent to an activating group) is 1. The van der Waals surface area contributed by atoms with Crippen LogP contribution in [0.25, 0.3) is 0 Å². The van der Waals surface area contributed by atoms with Crippen molar-refractivity contribution >= 4 is 11.8 Å². The van der Waals surface area contributed by atoms with Crippen LogP contribution < -0.4 is 5.73 Å². The van der Waals surface area contributed by atoms with Crippen molar-refractivity contribution in [1.82, 2.24) is 14.7 Å². The molecule has 2 heterocycles. The van der Waals surface area contributed by atoms with E-state index < -0.39 is 0 Å². The van der Waals surface area contributed by atoms with Crippen molar-refractivity contribution in [2.75, 3.05) is 25.1 Å². The molecule has 0 aliphatic carbocycles. The summed E-state index contributed by atoms with van der Waals surface area (Å²) < 4.78 is 1.86. The lowest BCUT2D eigenvalue weighted by Gasteiger charge is -2.49. The highest BCUT2D eigenvalue weighted by molar-refractivity contribution is 7.99. The van der Waals surface area contributed by atoms with E-state index in [0.717, 1.165) is 18.8 Å². The molecule has 2 rings (SSSR count). The average Bonchev–Trinajstić information content (AvgIpc) is 2.73. The van der Waals surface area contributed by atoms with Gasteiger partial charge in [0, 0.05) is 43.2 Å². The zero-order valence-electron chi connectivity index (χ0n) is 12.5. The van der Waals surface area contributed by atoms with E-state index in [2.05, 4.69) is 37.1 Å². The van der Waals surface area contributed by atoms with Gasteiger partial charge in [-0.2, -0.15) is 16.9 Å². The maximum absolute atomic E-state index is 6.14. The Hall–Kier alpha value is -0.520. The highest BCUT2D eigenvalue weighted by Gasteiger charge is 2.42. The fourth-order valence-corrected chi connectivity index (χ4v) is 4.61. The molecule has 1 aliphatic rings. The summed E-state index contributed by atoms with van der Waals surface area (Å²) in [5.74, 6) is 2.36. The lowest BCUT2D eigenvalue weighted by Crippen LogP contribution is -2.58. The molecule has 1 aliphatic heterocycles. The zero-order chi connectivity index (χ0) is 14.1. The Balaban J connectivity index is 2.11. The molecule has 0 spiro atoms. The molecule has 1 fully saturated rings. The van der Waals surface area contributed by atoms with Crippen LogP contribution in [-0.4, -0.2) is 45.3 Å². The van der Waals surface area contributed by atoms with Gasteiger partial charge in [-0.05, 0) is 24.6 Å². The van der Waals surface area contributed by atoms with E-state index in [4.69, 9.17) is 5.73 Å². The molecule has 0 saturated carbocycles. The first-order chi connectivity index (χ1) is 8.87. The Morgan fingerprint density at radius 2 is 2.21 bits per heavy atom. The predicted molar refractivity (Wildman–Crippen MR) is 82.2 cm³/mol. The normalized spacial score (nSPS) is 26.8. The lowest BCUT2D eigenvalue weighted by molar-refractivity contribution is 0.0870. The molecule has 1 atom stereocenters. The van der Waals surface area contributed by atoms with Gasteiger partial charge in [0.1, 0.15) is 0 Å². The molecule has 0 aromatic carbocycles. The Bertz CT molecular complexity index is 429. The van der Waals surface area contributed by atoms with Gasteiger partial charge < -0.3 is 5.73 Å². The third-order valence-corrected chi connectivity index (χ3v) is 5.77. The van der Waals surface area contributed by atoms with Gasteiger partial charge >= 0.3 is 0 Å². The van der Waals surface area contributed by atoms with Crippen LogP contribution in [0.15, 0.2) is 12.4 Å². The van der Waals surface area contributed by atoms with E-state index >= 15 is 0 Å². The fourth-order valence-electron chi connectivity index (χ4n) is 3.04. The Labute approximate surface area is 120 Å². The average molecular weight is 282 g/mol. The van der Waals surface area contributed by atoms with Gasteiger partial charge in [-0.3, -0.25) is 9.58 Å². The monoisotopic (exact) mass is 282 g/mol. The minimum Gasteiger partial charge on any atom is -0.329 e. The molecule has 4 nitrogen and oxygen atoms in total. The Kier molecular flexibility index (Phi) is 4.28. The van der Waals surface area contributed by atoms with E-state index in [1.54, 1.807) is 0 Å². The topological polar surface area (TPSA) is 47.1 Å². The molecule has 1 saturated heterocycles. The van der Waals surface area contributed by atoms with E-state index in [1.165, 1.54) is 17.7 Å². The van der Waals surface area contributed by atoms with Crippen molar-refractivity contribution < 1.29 is 0 Å². The molecule has 1 aromatic heterocycles. The van der Waals surface area contributed by atoms with Gasteiger partial charge in [0.25, 0.3) is 0 Å². The summed E-state index contributed by atoms with van der Waals surface area (Å²) in [5, 5.41) is 4.25. The highest BCUT2D eigenvalue weighted by Crippen LogP contribution is 2.41. The third-order valence-electron chi connectivity index (χ3n) is 4.04. The van der Waals surface area contributed by atoms with E-state index in [0.29, 0.717) is 5.41 Å². The van der Waals surface area contributed by atoms with Crippen molar-refractivity contribution in [3.63, 3.8) is 0 Å². The standard InChI is InChI=1S/C14H26N4S/c1-13(2)8-14(9-15,11-19-10-13)17(3)6-12-5-16-18(4)7-12/h5,7H,6,8-11,15H2,1-4H3. The summed E-state index contributed by atoms with van der Waals surface area (Å²) in [6.45, 7) is 6.34. The number of thioether (sulfide) groups is 1. The second kappa shape index (κ2) is 5.46. The van der Waals surface area contributed by atoms with Crippen LogP contribution in [0, 0.1) is 5.41 Å². The van der Waals surface area contributed by atoms with Crippen LogP contribution >= 0.6 is 11.8 Å². The van der Waals surface area contributed by atoms with Crippen molar-refractivity contribution in [2.24, 2.45) is 18.2 Å². The summed E-state index contributed by atoms with van der Waals surface area (Å²) in [4.78, 5) is 2.43. The van der Waals surface area contributed by atoms with Crippen LogP contribution in [-0.2, 0) is 13.6 Å². The lowest BCUT2D eigenvalue weighted by atomic mass is 9.79. The number of hydrogen-bond acceptors (Lipinski definition) is 4. The van der Waals surface area contributed by atoms with Crippen LogP contribution in [0.5, 0.6) is 0 Å². The van der Waals surface area contributed by atoms with E-state index in [9.17, 15) is 0 Å². The molecule has 1 aromatic rings. The summed E-state index contributed by atoms with van der Waals surface area (Å²) in [7, 11) is 4.16. The molecular formula is C14H26N4S. The second-order valence-electron chi connectivity index (χ2n) is 6.64.